The number of benzene rings is 2. The number of carbonyl (C=O) groups excluding carboxylic acids is 2. The molecule has 2 N–H and O–H groups in total. The van der Waals surface area contributed by atoms with Crippen molar-refractivity contribution in [2.75, 3.05) is 13.7 Å². The highest BCUT2D eigenvalue weighted by Gasteiger charge is 2.40. The van der Waals surface area contributed by atoms with Crippen molar-refractivity contribution >= 4 is 39.7 Å². The van der Waals surface area contributed by atoms with Gasteiger partial charge in [-0.15, -0.1) is 0 Å². The Balaban J connectivity index is 1.33. The Morgan fingerprint density at radius 2 is 1.92 bits per heavy atom. The van der Waals surface area contributed by atoms with Gasteiger partial charge in [-0.2, -0.15) is 0 Å². The van der Waals surface area contributed by atoms with Crippen LogP contribution in [0.15, 0.2) is 82.1 Å². The number of esters is 1. The molecule has 38 heavy (non-hydrogen) atoms. The van der Waals surface area contributed by atoms with E-state index >= 15 is 0 Å². The number of allylic oxidation sites excluding steroid dienone is 1. The maximum absolute atomic E-state index is 13.0. The standard InChI is InChI=1S/C30H32N4O3S/c1-18(2)20-9-11-21(12-10-20)28-27(29(36)37-4)19(3)33-30-34(28)23(17-38-30)15-26(35)31-14-13-22-16-32-25-8-6-5-7-24(22)25/h5-12,16-18,28,32H,13-15H2,1-4H3,(H,31,35). The molecule has 0 saturated carbocycles. The third kappa shape index (κ3) is 5.00. The Kier molecular flexibility index (Phi) is 7.42. The smallest absolute Gasteiger partial charge is 0.338 e. The number of hydrogen-bond donors (Lipinski definition) is 2. The zero-order valence-corrected chi connectivity index (χ0v) is 22.9. The maximum Gasteiger partial charge on any atom is 0.338 e. The highest BCUT2D eigenvalue weighted by Crippen LogP contribution is 2.45. The third-order valence-corrected chi connectivity index (χ3v) is 7.95. The van der Waals surface area contributed by atoms with Crippen molar-refractivity contribution in [3.63, 3.8) is 0 Å². The average Bonchev–Trinajstić information content (AvgIpc) is 3.51. The van der Waals surface area contributed by atoms with Crippen molar-refractivity contribution < 1.29 is 14.3 Å². The molecule has 3 aromatic rings. The van der Waals surface area contributed by atoms with E-state index in [4.69, 9.17) is 9.73 Å². The predicted octanol–water partition coefficient (Wildman–Crippen LogP) is 5.79. The molecule has 0 radical (unpaired) electrons. The first-order valence-electron chi connectivity index (χ1n) is 12.8. The number of H-pyrrole nitrogens is 1. The van der Waals surface area contributed by atoms with E-state index in [1.54, 1.807) is 0 Å². The van der Waals surface area contributed by atoms with Crippen molar-refractivity contribution in [2.45, 2.75) is 45.6 Å². The van der Waals surface area contributed by atoms with Gasteiger partial charge in [-0.25, -0.2) is 9.79 Å². The number of hydrogen-bond acceptors (Lipinski definition) is 6. The van der Waals surface area contributed by atoms with Gasteiger partial charge in [0.15, 0.2) is 5.17 Å². The molecule has 1 atom stereocenters. The molecule has 0 spiro atoms. The van der Waals surface area contributed by atoms with E-state index in [-0.39, 0.29) is 12.3 Å². The van der Waals surface area contributed by atoms with Crippen LogP contribution in [0.4, 0.5) is 0 Å². The first-order chi connectivity index (χ1) is 18.4. The Bertz CT molecular complexity index is 1470. The number of ether oxygens (including phenoxy) is 1. The number of nitrogens with one attached hydrogen (secondary N) is 2. The number of aromatic amines is 1. The minimum absolute atomic E-state index is 0.0715. The van der Waals surface area contributed by atoms with Crippen LogP contribution in [0.3, 0.4) is 0 Å². The molecule has 196 valence electrons. The van der Waals surface area contributed by atoms with Gasteiger partial charge in [-0.3, -0.25) is 4.79 Å². The molecule has 2 aliphatic rings. The lowest BCUT2D eigenvalue weighted by atomic mass is 9.92. The van der Waals surface area contributed by atoms with E-state index < -0.39 is 12.0 Å². The molecule has 0 aliphatic carbocycles. The van der Waals surface area contributed by atoms with E-state index in [1.165, 1.54) is 35.4 Å². The fraction of sp³-hybridized carbons (Fsp3) is 0.300. The van der Waals surface area contributed by atoms with Gasteiger partial charge in [0.2, 0.25) is 5.91 Å². The van der Waals surface area contributed by atoms with E-state index in [0.29, 0.717) is 23.7 Å². The summed E-state index contributed by atoms with van der Waals surface area (Å²) in [7, 11) is 1.39. The van der Waals surface area contributed by atoms with E-state index in [1.807, 2.05) is 41.6 Å². The molecule has 0 bridgehead atoms. The number of methoxy groups -OCH3 is 1. The normalized spacial score (nSPS) is 17.0. The third-order valence-electron chi connectivity index (χ3n) is 7.06. The fourth-order valence-electron chi connectivity index (χ4n) is 5.02. The summed E-state index contributed by atoms with van der Waals surface area (Å²) in [5, 5.41) is 6.96. The molecule has 2 aliphatic heterocycles. The summed E-state index contributed by atoms with van der Waals surface area (Å²) in [6.45, 7) is 6.68. The van der Waals surface area contributed by atoms with Crippen LogP contribution in [0.5, 0.6) is 0 Å². The summed E-state index contributed by atoms with van der Waals surface area (Å²) < 4.78 is 5.16. The van der Waals surface area contributed by atoms with Crippen LogP contribution in [-0.2, 0) is 20.7 Å². The molecule has 2 aromatic carbocycles. The molecule has 7 nitrogen and oxygen atoms in total. The van der Waals surface area contributed by atoms with Gasteiger partial charge in [0, 0.05) is 29.3 Å². The Morgan fingerprint density at radius 3 is 2.66 bits per heavy atom. The van der Waals surface area contributed by atoms with Crippen LogP contribution >= 0.6 is 11.8 Å². The van der Waals surface area contributed by atoms with Gasteiger partial charge < -0.3 is 19.9 Å². The van der Waals surface area contributed by atoms with Gasteiger partial charge in [0.05, 0.1) is 30.8 Å². The van der Waals surface area contributed by atoms with Crippen molar-refractivity contribution in [2.24, 2.45) is 4.99 Å². The van der Waals surface area contributed by atoms with Gasteiger partial charge in [0.25, 0.3) is 0 Å². The second kappa shape index (κ2) is 10.9. The molecule has 5 rings (SSSR count). The van der Waals surface area contributed by atoms with Crippen molar-refractivity contribution in [1.29, 1.82) is 0 Å². The summed E-state index contributed by atoms with van der Waals surface area (Å²) in [5.74, 6) is -0.0870. The minimum atomic E-state index is -0.420. The first kappa shape index (κ1) is 25.9. The lowest BCUT2D eigenvalue weighted by Crippen LogP contribution is -2.38. The number of carbonyl (C=O) groups is 2. The number of thioether (sulfide) groups is 1. The number of para-hydroxylation sites is 1. The van der Waals surface area contributed by atoms with Gasteiger partial charge in [0.1, 0.15) is 0 Å². The molecular formula is C30H32N4O3S. The highest BCUT2D eigenvalue weighted by molar-refractivity contribution is 8.16. The molecule has 0 saturated heterocycles. The van der Waals surface area contributed by atoms with E-state index in [0.717, 1.165) is 28.4 Å². The van der Waals surface area contributed by atoms with Crippen LogP contribution in [0.25, 0.3) is 10.9 Å². The number of fused-ring (bicyclic) bond motifs is 2. The first-order valence-corrected chi connectivity index (χ1v) is 13.7. The van der Waals surface area contributed by atoms with Crippen LogP contribution in [0, 0.1) is 0 Å². The molecule has 3 heterocycles. The second-order valence-corrected chi connectivity index (χ2v) is 10.7. The van der Waals surface area contributed by atoms with Crippen LogP contribution in [-0.4, -0.2) is 40.6 Å². The summed E-state index contributed by atoms with van der Waals surface area (Å²) >= 11 is 1.47. The second-order valence-electron chi connectivity index (χ2n) is 9.84. The number of aromatic nitrogens is 1. The van der Waals surface area contributed by atoms with E-state index in [2.05, 4.69) is 54.5 Å². The van der Waals surface area contributed by atoms with Gasteiger partial charge in [-0.1, -0.05) is 68.1 Å². The molecule has 1 unspecified atom stereocenters. The topological polar surface area (TPSA) is 86.8 Å². The number of rotatable bonds is 8. The summed E-state index contributed by atoms with van der Waals surface area (Å²) in [5.41, 5.74) is 6.37. The van der Waals surface area contributed by atoms with Crippen LogP contribution in [0.2, 0.25) is 0 Å². The number of aliphatic imine (C=N–C) groups is 1. The summed E-state index contributed by atoms with van der Waals surface area (Å²) in [6, 6.07) is 16.0. The lowest BCUT2D eigenvalue weighted by molar-refractivity contribution is -0.136. The van der Waals surface area contributed by atoms with Gasteiger partial charge >= 0.3 is 5.97 Å². The lowest BCUT2D eigenvalue weighted by Gasteiger charge is -2.36. The number of nitrogens with zero attached hydrogens (tertiary/aromatic N) is 2. The average molecular weight is 529 g/mol. The molecular weight excluding hydrogens is 496 g/mol. The summed E-state index contributed by atoms with van der Waals surface area (Å²) in [6.07, 6.45) is 2.93. The number of amidine groups is 1. The molecule has 1 aromatic heterocycles. The van der Waals surface area contributed by atoms with Crippen molar-refractivity contribution in [3.05, 3.63) is 93.8 Å². The fourth-order valence-corrected chi connectivity index (χ4v) is 5.99. The zero-order valence-electron chi connectivity index (χ0n) is 22.1. The molecule has 8 heteroatoms. The summed E-state index contributed by atoms with van der Waals surface area (Å²) in [4.78, 5) is 35.9. The van der Waals surface area contributed by atoms with E-state index in [9.17, 15) is 9.59 Å². The maximum atomic E-state index is 13.0. The molecule has 1 amide bonds. The highest BCUT2D eigenvalue weighted by atomic mass is 32.2. The minimum Gasteiger partial charge on any atom is -0.466 e. The van der Waals surface area contributed by atoms with Crippen LogP contribution < -0.4 is 5.32 Å². The Morgan fingerprint density at radius 1 is 1.16 bits per heavy atom. The molecule has 0 fully saturated rings. The van der Waals surface area contributed by atoms with Gasteiger partial charge in [-0.05, 0) is 47.4 Å². The van der Waals surface area contributed by atoms with Crippen LogP contribution in [0.1, 0.15) is 55.8 Å². The number of amides is 1. The van der Waals surface area contributed by atoms with Crippen molar-refractivity contribution in [1.82, 2.24) is 15.2 Å². The monoisotopic (exact) mass is 528 g/mol. The largest absolute Gasteiger partial charge is 0.466 e. The zero-order chi connectivity index (χ0) is 26.8. The Hall–Kier alpha value is -3.78. The quantitative estimate of drug-likeness (QED) is 0.362. The van der Waals surface area contributed by atoms with Crippen molar-refractivity contribution in [3.8, 4) is 0 Å². The predicted molar refractivity (Wildman–Crippen MR) is 153 cm³/mol. The Labute approximate surface area is 227 Å². The SMILES string of the molecule is COC(=O)C1=C(C)N=C2SC=C(CC(=O)NCCc3c[nH]c4ccccc34)N2C1c1ccc(C(C)C)cc1.